The minimum absolute atomic E-state index is 0.158. The maximum absolute atomic E-state index is 11.6. The summed E-state index contributed by atoms with van der Waals surface area (Å²) in [6.45, 7) is 4.49. The number of carbonyl (C=O) groups is 3. The number of carbonyl (C=O) groups excluding carboxylic acids is 3. The van der Waals surface area contributed by atoms with Crippen molar-refractivity contribution in [1.29, 1.82) is 0 Å². The first-order valence-corrected chi connectivity index (χ1v) is 5.58. The highest BCUT2D eigenvalue weighted by molar-refractivity contribution is 5.95. The Balaban J connectivity index is 4.27. The van der Waals surface area contributed by atoms with Gasteiger partial charge in [0.25, 0.3) is 0 Å². The zero-order chi connectivity index (χ0) is 15.2. The lowest BCUT2D eigenvalue weighted by Gasteiger charge is -2.32. The Kier molecular flexibility index (Phi) is 6.20. The highest BCUT2D eigenvalue weighted by Crippen LogP contribution is 2.04. The number of nitrogens with zero attached hydrogens (tertiary/aromatic N) is 1. The van der Waals surface area contributed by atoms with Gasteiger partial charge in [-0.2, -0.15) is 0 Å². The Hall–Kier alpha value is -1.89. The lowest BCUT2D eigenvalue weighted by Crippen LogP contribution is -2.59. The fourth-order valence-electron chi connectivity index (χ4n) is 1.21. The molecule has 108 valence electrons. The van der Waals surface area contributed by atoms with E-state index < -0.39 is 23.9 Å². The minimum atomic E-state index is -1.52. The molecule has 1 unspecified atom stereocenters. The van der Waals surface area contributed by atoms with E-state index in [0.29, 0.717) is 0 Å². The summed E-state index contributed by atoms with van der Waals surface area (Å²) >= 11 is 0. The molecule has 0 amide bonds. The van der Waals surface area contributed by atoms with E-state index in [0.717, 1.165) is 0 Å². The van der Waals surface area contributed by atoms with Gasteiger partial charge in [-0.05, 0) is 6.92 Å². The van der Waals surface area contributed by atoms with Crippen LogP contribution in [0.1, 0.15) is 6.92 Å². The van der Waals surface area contributed by atoms with E-state index in [2.05, 4.69) is 6.58 Å². The molecule has 0 aromatic heterocycles. The summed E-state index contributed by atoms with van der Waals surface area (Å²) in [6, 6.07) is -1.43. The molecule has 1 atom stereocenters. The summed E-state index contributed by atoms with van der Waals surface area (Å²) in [4.78, 5) is 33.5. The van der Waals surface area contributed by atoms with Crippen LogP contribution in [-0.2, 0) is 23.9 Å². The number of likely N-dealkylation sites (N-methyl/N-ethyl adjacent to an activating group) is 1. The van der Waals surface area contributed by atoms with Gasteiger partial charge in [0.2, 0.25) is 6.04 Å². The number of carboxylic acids is 1. The van der Waals surface area contributed by atoms with E-state index in [1.165, 1.54) is 28.1 Å². The zero-order valence-corrected chi connectivity index (χ0v) is 11.6. The second-order valence-corrected chi connectivity index (χ2v) is 4.92. The van der Waals surface area contributed by atoms with Gasteiger partial charge in [0, 0.05) is 5.57 Å². The van der Waals surface area contributed by atoms with Gasteiger partial charge >= 0.3 is 11.9 Å². The number of aliphatic carboxylic acids is 1. The SMILES string of the molecule is C=C(C)C(=O)OCCOC(=O)C(C(=O)[O-])[N+](C)(C)C. The minimum Gasteiger partial charge on any atom is -0.543 e. The number of hydrogen-bond donors (Lipinski definition) is 0. The van der Waals surface area contributed by atoms with Gasteiger partial charge in [-0.15, -0.1) is 0 Å². The molecule has 7 nitrogen and oxygen atoms in total. The molecule has 0 aliphatic rings. The molecule has 0 saturated heterocycles. The van der Waals surface area contributed by atoms with E-state index in [1.807, 2.05) is 0 Å². The number of carboxylic acid groups (broad SMARTS) is 1. The van der Waals surface area contributed by atoms with Crippen LogP contribution in [0.25, 0.3) is 0 Å². The molecule has 0 aromatic rings. The summed E-state index contributed by atoms with van der Waals surface area (Å²) < 4.78 is 9.28. The molecule has 0 fully saturated rings. The van der Waals surface area contributed by atoms with Crippen LogP contribution in [0.3, 0.4) is 0 Å². The predicted octanol–water partition coefficient (Wildman–Crippen LogP) is -1.53. The van der Waals surface area contributed by atoms with E-state index >= 15 is 0 Å². The van der Waals surface area contributed by atoms with Crippen LogP contribution < -0.4 is 5.11 Å². The summed E-state index contributed by atoms with van der Waals surface area (Å²) in [5.74, 6) is -3.05. The van der Waals surface area contributed by atoms with E-state index in [-0.39, 0.29) is 23.3 Å². The monoisotopic (exact) mass is 273 g/mol. The first-order valence-electron chi connectivity index (χ1n) is 5.58. The van der Waals surface area contributed by atoms with E-state index in [1.54, 1.807) is 0 Å². The van der Waals surface area contributed by atoms with Gasteiger partial charge < -0.3 is 23.9 Å². The van der Waals surface area contributed by atoms with Crippen molar-refractivity contribution >= 4 is 17.9 Å². The number of rotatable bonds is 7. The lowest BCUT2D eigenvalue weighted by molar-refractivity contribution is -0.881. The molecule has 7 heteroatoms. The number of ether oxygens (including phenoxy) is 2. The van der Waals surface area contributed by atoms with E-state index in [9.17, 15) is 19.5 Å². The fraction of sp³-hybridized carbons (Fsp3) is 0.583. The van der Waals surface area contributed by atoms with Gasteiger partial charge in [-0.1, -0.05) is 6.58 Å². The van der Waals surface area contributed by atoms with Crippen molar-refractivity contribution in [1.82, 2.24) is 0 Å². The molecule has 0 aromatic carbocycles. The molecular formula is C12H19NO6. The molecule has 0 N–H and O–H groups in total. The van der Waals surface area contributed by atoms with Gasteiger partial charge in [-0.3, -0.25) is 0 Å². The topological polar surface area (TPSA) is 92.7 Å². The van der Waals surface area contributed by atoms with Crippen molar-refractivity contribution in [2.45, 2.75) is 13.0 Å². The Bertz CT molecular complexity index is 382. The maximum atomic E-state index is 11.6. The molecular weight excluding hydrogens is 254 g/mol. The first kappa shape index (κ1) is 17.1. The van der Waals surface area contributed by atoms with Crippen LogP contribution in [0.4, 0.5) is 0 Å². The maximum Gasteiger partial charge on any atom is 0.371 e. The van der Waals surface area contributed by atoms with E-state index in [4.69, 9.17) is 9.47 Å². The zero-order valence-electron chi connectivity index (χ0n) is 11.6. The van der Waals surface area contributed by atoms with Crippen LogP contribution >= 0.6 is 0 Å². The van der Waals surface area contributed by atoms with Crippen LogP contribution in [-0.4, -0.2) is 62.8 Å². The van der Waals surface area contributed by atoms with Gasteiger partial charge in [-0.25, -0.2) is 9.59 Å². The Morgan fingerprint density at radius 2 is 1.63 bits per heavy atom. The Morgan fingerprint density at radius 1 is 1.16 bits per heavy atom. The third-order valence-electron chi connectivity index (χ3n) is 2.13. The van der Waals surface area contributed by atoms with Crippen LogP contribution in [0.15, 0.2) is 12.2 Å². The Labute approximate surface area is 112 Å². The number of quaternary nitrogens is 1. The molecule has 0 saturated carbocycles. The normalized spacial score (nSPS) is 12.4. The largest absolute Gasteiger partial charge is 0.543 e. The van der Waals surface area contributed by atoms with Crippen LogP contribution in [0.5, 0.6) is 0 Å². The highest BCUT2D eigenvalue weighted by atomic mass is 16.6. The molecule has 0 bridgehead atoms. The molecule has 0 aliphatic carbocycles. The van der Waals surface area contributed by atoms with Crippen molar-refractivity contribution in [3.05, 3.63) is 12.2 Å². The van der Waals surface area contributed by atoms with Crippen LogP contribution in [0.2, 0.25) is 0 Å². The molecule has 19 heavy (non-hydrogen) atoms. The smallest absolute Gasteiger partial charge is 0.371 e. The second-order valence-electron chi connectivity index (χ2n) is 4.92. The molecule has 0 heterocycles. The van der Waals surface area contributed by atoms with Gasteiger partial charge in [0.15, 0.2) is 0 Å². The molecule has 0 rings (SSSR count). The summed E-state index contributed by atoms with van der Waals surface area (Å²) in [6.07, 6.45) is 0. The number of hydrogen-bond acceptors (Lipinski definition) is 6. The summed E-state index contributed by atoms with van der Waals surface area (Å²) in [5, 5.41) is 10.9. The molecule has 0 spiro atoms. The Morgan fingerprint density at radius 3 is 2.00 bits per heavy atom. The quantitative estimate of drug-likeness (QED) is 0.184. The van der Waals surface area contributed by atoms with Crippen molar-refractivity contribution in [2.75, 3.05) is 34.4 Å². The van der Waals surface area contributed by atoms with Gasteiger partial charge in [0.05, 0.1) is 21.1 Å². The highest BCUT2D eigenvalue weighted by Gasteiger charge is 2.34. The lowest BCUT2D eigenvalue weighted by atomic mass is 10.2. The third-order valence-corrected chi connectivity index (χ3v) is 2.13. The standard InChI is InChI=1S/C12H19NO6/c1-8(2)11(16)18-6-7-19-12(17)9(10(14)15)13(3,4)5/h9H,1,6-7H2,2-5H3. The average Bonchev–Trinajstić information content (AvgIpc) is 2.21. The van der Waals surface area contributed by atoms with Crippen molar-refractivity contribution in [2.24, 2.45) is 0 Å². The predicted molar refractivity (Wildman–Crippen MR) is 63.6 cm³/mol. The molecule has 0 aliphatic heterocycles. The fourth-order valence-corrected chi connectivity index (χ4v) is 1.21. The second kappa shape index (κ2) is 6.89. The number of esters is 2. The van der Waals surface area contributed by atoms with Crippen LogP contribution in [0, 0.1) is 0 Å². The molecule has 0 radical (unpaired) electrons. The van der Waals surface area contributed by atoms with Gasteiger partial charge in [0.1, 0.15) is 19.2 Å². The summed E-state index contributed by atoms with van der Waals surface area (Å²) in [5.41, 5.74) is 0.227. The van der Waals surface area contributed by atoms with Crippen molar-refractivity contribution in [3.63, 3.8) is 0 Å². The first-order chi connectivity index (χ1) is 8.57. The summed E-state index contributed by atoms with van der Waals surface area (Å²) in [7, 11) is 4.59. The average molecular weight is 273 g/mol. The third kappa shape index (κ3) is 6.01. The van der Waals surface area contributed by atoms with Crippen molar-refractivity contribution < 1.29 is 33.4 Å². The van der Waals surface area contributed by atoms with Crippen molar-refractivity contribution in [3.8, 4) is 0 Å².